The number of hydrogen-bond donors (Lipinski definition) is 0. The third-order valence-electron chi connectivity index (χ3n) is 2.85. The first-order chi connectivity index (χ1) is 9.74. The largest absolute Gasteiger partial charge is 0.470 e. The minimum atomic E-state index is -0.856. The van der Waals surface area contributed by atoms with Crippen molar-refractivity contribution in [2.24, 2.45) is 0 Å². The van der Waals surface area contributed by atoms with Crippen LogP contribution in [0.25, 0.3) is 0 Å². The molecule has 2 heterocycles. The van der Waals surface area contributed by atoms with Crippen molar-refractivity contribution in [3.63, 3.8) is 0 Å². The first-order valence-electron chi connectivity index (χ1n) is 6.70. The Balaban J connectivity index is 1.92. The highest BCUT2D eigenvalue weighted by Crippen LogP contribution is 2.21. The van der Waals surface area contributed by atoms with Gasteiger partial charge >= 0.3 is 6.09 Å². The standard InChI is InChI=1S/C14H18F2N2O3/c1-14(2,3)21-13(19)18-5-4-10(8-18)20-12-11(16)6-9(15)7-17-12/h6-7,10H,4-5,8H2,1-3H3/t10-/m1/s1. The lowest BCUT2D eigenvalue weighted by atomic mass is 10.2. The van der Waals surface area contributed by atoms with E-state index in [1.807, 2.05) is 0 Å². The van der Waals surface area contributed by atoms with Gasteiger partial charge in [0.2, 0.25) is 0 Å². The van der Waals surface area contributed by atoms with Crippen molar-refractivity contribution in [2.45, 2.75) is 38.9 Å². The van der Waals surface area contributed by atoms with Crippen LogP contribution in [0.5, 0.6) is 5.88 Å². The monoisotopic (exact) mass is 300 g/mol. The SMILES string of the molecule is CC(C)(C)OC(=O)N1CC[C@@H](Oc2ncc(F)cc2F)C1. The lowest BCUT2D eigenvalue weighted by Gasteiger charge is -2.24. The number of halogens is 2. The zero-order chi connectivity index (χ0) is 15.6. The summed E-state index contributed by atoms with van der Waals surface area (Å²) in [6, 6.07) is 0.711. The van der Waals surface area contributed by atoms with E-state index in [9.17, 15) is 13.6 Å². The maximum Gasteiger partial charge on any atom is 0.410 e. The van der Waals surface area contributed by atoms with E-state index in [4.69, 9.17) is 9.47 Å². The average molecular weight is 300 g/mol. The van der Waals surface area contributed by atoms with Crippen molar-refractivity contribution < 1.29 is 23.0 Å². The predicted molar refractivity (Wildman–Crippen MR) is 71.0 cm³/mol. The number of amides is 1. The van der Waals surface area contributed by atoms with Gasteiger partial charge in [-0.1, -0.05) is 0 Å². The van der Waals surface area contributed by atoms with Crippen LogP contribution < -0.4 is 4.74 Å². The van der Waals surface area contributed by atoms with Crippen molar-refractivity contribution in [3.8, 4) is 5.88 Å². The van der Waals surface area contributed by atoms with Gasteiger partial charge < -0.3 is 14.4 Å². The normalized spacial score (nSPS) is 18.7. The molecule has 1 saturated heterocycles. The highest BCUT2D eigenvalue weighted by molar-refractivity contribution is 5.68. The molecule has 1 aromatic rings. The molecule has 21 heavy (non-hydrogen) atoms. The Morgan fingerprint density at radius 1 is 1.43 bits per heavy atom. The van der Waals surface area contributed by atoms with Gasteiger partial charge in [-0.25, -0.2) is 18.6 Å². The van der Waals surface area contributed by atoms with Crippen molar-refractivity contribution in [2.75, 3.05) is 13.1 Å². The lowest BCUT2D eigenvalue weighted by molar-refractivity contribution is 0.0274. The number of likely N-dealkylation sites (tertiary alicyclic amines) is 1. The molecule has 5 nitrogen and oxygen atoms in total. The van der Waals surface area contributed by atoms with Gasteiger partial charge in [0, 0.05) is 19.0 Å². The van der Waals surface area contributed by atoms with E-state index < -0.39 is 23.3 Å². The molecule has 2 rings (SSSR count). The van der Waals surface area contributed by atoms with Crippen molar-refractivity contribution in [1.29, 1.82) is 0 Å². The Morgan fingerprint density at radius 3 is 2.76 bits per heavy atom. The van der Waals surface area contributed by atoms with E-state index in [1.165, 1.54) is 4.90 Å². The number of nitrogens with zero attached hydrogens (tertiary/aromatic N) is 2. The number of aromatic nitrogens is 1. The van der Waals surface area contributed by atoms with Crippen molar-refractivity contribution >= 4 is 6.09 Å². The number of carbonyl (C=O) groups excluding carboxylic acids is 1. The van der Waals surface area contributed by atoms with Gasteiger partial charge in [-0.15, -0.1) is 0 Å². The van der Waals surface area contributed by atoms with Gasteiger partial charge in [0.05, 0.1) is 12.7 Å². The van der Waals surface area contributed by atoms with E-state index in [1.54, 1.807) is 20.8 Å². The first kappa shape index (κ1) is 15.5. The summed E-state index contributed by atoms with van der Waals surface area (Å²) in [7, 11) is 0. The molecule has 0 N–H and O–H groups in total. The third kappa shape index (κ3) is 4.27. The Hall–Kier alpha value is -1.92. The first-order valence-corrected chi connectivity index (χ1v) is 6.70. The van der Waals surface area contributed by atoms with E-state index in [2.05, 4.69) is 4.98 Å². The number of carbonyl (C=O) groups is 1. The molecule has 116 valence electrons. The summed E-state index contributed by atoms with van der Waals surface area (Å²) in [5, 5.41) is 0. The molecule has 0 radical (unpaired) electrons. The average Bonchev–Trinajstić information content (AvgIpc) is 2.79. The predicted octanol–water partition coefficient (Wildman–Crippen LogP) is 2.75. The Morgan fingerprint density at radius 2 is 2.14 bits per heavy atom. The van der Waals surface area contributed by atoms with Gasteiger partial charge in [0.25, 0.3) is 5.88 Å². The molecule has 1 aliphatic heterocycles. The van der Waals surface area contributed by atoms with E-state index in [-0.39, 0.29) is 18.5 Å². The van der Waals surface area contributed by atoms with Crippen LogP contribution in [0, 0.1) is 11.6 Å². The number of ether oxygens (including phenoxy) is 2. The van der Waals surface area contributed by atoms with Crippen molar-refractivity contribution in [1.82, 2.24) is 9.88 Å². The summed E-state index contributed by atoms with van der Waals surface area (Å²) in [5.74, 6) is -1.88. The Labute approximate surface area is 121 Å². The zero-order valence-corrected chi connectivity index (χ0v) is 12.2. The number of hydrogen-bond acceptors (Lipinski definition) is 4. The summed E-state index contributed by atoms with van der Waals surface area (Å²) in [4.78, 5) is 16.9. The van der Waals surface area contributed by atoms with Gasteiger partial charge in [-0.2, -0.15) is 0 Å². The van der Waals surface area contributed by atoms with Gasteiger partial charge in [-0.05, 0) is 20.8 Å². The summed E-state index contributed by atoms with van der Waals surface area (Å²) in [6.07, 6.45) is 0.614. The van der Waals surface area contributed by atoms with E-state index in [0.717, 1.165) is 6.20 Å². The lowest BCUT2D eigenvalue weighted by Crippen LogP contribution is -2.36. The van der Waals surface area contributed by atoms with Crippen molar-refractivity contribution in [3.05, 3.63) is 23.9 Å². The zero-order valence-electron chi connectivity index (χ0n) is 12.2. The molecule has 1 fully saturated rings. The summed E-state index contributed by atoms with van der Waals surface area (Å²) in [6.45, 7) is 6.10. The molecule has 1 amide bonds. The highest BCUT2D eigenvalue weighted by atomic mass is 19.1. The van der Waals surface area contributed by atoms with Crippen LogP contribution in [0.2, 0.25) is 0 Å². The molecule has 0 aromatic carbocycles. The fourth-order valence-electron chi connectivity index (χ4n) is 1.96. The fraction of sp³-hybridized carbons (Fsp3) is 0.571. The van der Waals surface area contributed by atoms with E-state index >= 15 is 0 Å². The molecule has 0 aliphatic carbocycles. The van der Waals surface area contributed by atoms with Crippen LogP contribution in [0.3, 0.4) is 0 Å². The second kappa shape index (κ2) is 5.83. The maximum absolute atomic E-state index is 13.4. The topological polar surface area (TPSA) is 51.7 Å². The van der Waals surface area contributed by atoms with Crippen LogP contribution in [-0.4, -0.2) is 40.8 Å². The quantitative estimate of drug-likeness (QED) is 0.842. The molecular formula is C14H18F2N2O3. The Kier molecular flexibility index (Phi) is 4.29. The van der Waals surface area contributed by atoms with Gasteiger partial charge in [0.1, 0.15) is 17.5 Å². The van der Waals surface area contributed by atoms with Gasteiger partial charge in [0.15, 0.2) is 5.82 Å². The molecule has 0 bridgehead atoms. The van der Waals surface area contributed by atoms with Gasteiger partial charge in [-0.3, -0.25) is 0 Å². The number of rotatable bonds is 2. The highest BCUT2D eigenvalue weighted by Gasteiger charge is 2.31. The van der Waals surface area contributed by atoms with Crippen LogP contribution in [0.1, 0.15) is 27.2 Å². The fourth-order valence-corrected chi connectivity index (χ4v) is 1.96. The molecule has 1 aromatic heterocycles. The summed E-state index contributed by atoms with van der Waals surface area (Å²) >= 11 is 0. The van der Waals surface area contributed by atoms with Crippen LogP contribution in [-0.2, 0) is 4.74 Å². The molecule has 7 heteroatoms. The summed E-state index contributed by atoms with van der Waals surface area (Å²) in [5.41, 5.74) is -0.569. The second-order valence-electron chi connectivity index (χ2n) is 5.90. The van der Waals surface area contributed by atoms with Crippen LogP contribution in [0.15, 0.2) is 12.3 Å². The molecular weight excluding hydrogens is 282 g/mol. The minimum Gasteiger partial charge on any atom is -0.470 e. The molecule has 0 spiro atoms. The smallest absolute Gasteiger partial charge is 0.410 e. The Bertz CT molecular complexity index is 531. The molecule has 0 saturated carbocycles. The van der Waals surface area contributed by atoms with Crippen LogP contribution >= 0.6 is 0 Å². The van der Waals surface area contributed by atoms with Crippen LogP contribution in [0.4, 0.5) is 13.6 Å². The second-order valence-corrected chi connectivity index (χ2v) is 5.90. The third-order valence-corrected chi connectivity index (χ3v) is 2.85. The van der Waals surface area contributed by atoms with E-state index in [0.29, 0.717) is 19.0 Å². The number of pyridine rings is 1. The molecule has 1 atom stereocenters. The summed E-state index contributed by atoms with van der Waals surface area (Å²) < 4.78 is 36.8. The molecule has 0 unspecified atom stereocenters. The minimum absolute atomic E-state index is 0.257. The molecule has 1 aliphatic rings. The maximum atomic E-state index is 13.4.